The molecule has 0 saturated heterocycles. The minimum atomic E-state index is -0.612. The van der Waals surface area contributed by atoms with Crippen molar-refractivity contribution in [1.29, 1.82) is 5.26 Å². The Hall–Kier alpha value is -2.94. The molecule has 174 valence electrons. The quantitative estimate of drug-likeness (QED) is 0.552. The lowest BCUT2D eigenvalue weighted by Gasteiger charge is -2.43. The van der Waals surface area contributed by atoms with E-state index in [9.17, 15) is 10.1 Å². The van der Waals surface area contributed by atoms with Gasteiger partial charge in [0.25, 0.3) is 0 Å². The Bertz CT molecular complexity index is 1110. The van der Waals surface area contributed by atoms with E-state index in [2.05, 4.69) is 41.8 Å². The Kier molecular flexibility index (Phi) is 7.41. The van der Waals surface area contributed by atoms with Crippen LogP contribution in [0, 0.1) is 29.1 Å². The number of ketones is 1. The molecule has 0 amide bonds. The number of terminal acetylenes is 1. The molecule has 1 aliphatic carbocycles. The monoisotopic (exact) mass is 513 g/mol. The number of rotatable bonds is 7. The first kappa shape index (κ1) is 24.7. The zero-order valence-corrected chi connectivity index (χ0v) is 20.9. The Balaban J connectivity index is 2.24. The van der Waals surface area contributed by atoms with Gasteiger partial charge in [-0.2, -0.15) is 5.26 Å². The Morgan fingerprint density at radius 1 is 1.33 bits per heavy atom. The number of nitriles is 1. The molecule has 0 spiro atoms. The fourth-order valence-corrected chi connectivity index (χ4v) is 5.08. The Morgan fingerprint density at radius 3 is 2.67 bits per heavy atom. The van der Waals surface area contributed by atoms with E-state index < -0.39 is 5.92 Å². The molecule has 0 unspecified atom stereocenters. The molecular weight excluding hydrogens is 486 g/mol. The number of nitrogens with two attached hydrogens (primary N) is 1. The lowest BCUT2D eigenvalue weighted by molar-refractivity contribution is -0.118. The summed E-state index contributed by atoms with van der Waals surface area (Å²) in [5.74, 6) is 3.07. The second kappa shape index (κ2) is 9.91. The number of Topliss-reactive ketones (excluding diaryl/α,β-unsaturated/α-hetero) is 1. The number of halogens is 1. The molecule has 0 fully saturated rings. The van der Waals surface area contributed by atoms with Crippen LogP contribution in [-0.4, -0.2) is 44.7 Å². The number of hydrogen-bond acceptors (Lipinski definition) is 7. The molecule has 0 saturated carbocycles. The molecule has 1 aliphatic heterocycles. The van der Waals surface area contributed by atoms with Gasteiger partial charge in [0.05, 0.1) is 35.7 Å². The van der Waals surface area contributed by atoms with Crippen LogP contribution in [0.3, 0.4) is 0 Å². The summed E-state index contributed by atoms with van der Waals surface area (Å²) in [6.45, 7) is 5.07. The van der Waals surface area contributed by atoms with Crippen molar-refractivity contribution in [3.63, 3.8) is 0 Å². The van der Waals surface area contributed by atoms with Crippen LogP contribution in [0.5, 0.6) is 11.5 Å². The van der Waals surface area contributed by atoms with Crippen LogP contribution in [0.25, 0.3) is 0 Å². The summed E-state index contributed by atoms with van der Waals surface area (Å²) in [5, 5.41) is 10.1. The highest BCUT2D eigenvalue weighted by atomic mass is 79.9. The van der Waals surface area contributed by atoms with E-state index in [-0.39, 0.29) is 17.8 Å². The van der Waals surface area contributed by atoms with Crippen molar-refractivity contribution in [1.82, 2.24) is 4.90 Å². The first-order valence-electron chi connectivity index (χ1n) is 10.5. The van der Waals surface area contributed by atoms with E-state index in [1.54, 1.807) is 13.2 Å². The van der Waals surface area contributed by atoms with Gasteiger partial charge in [-0.05, 0) is 45.5 Å². The number of hydrogen-bond donors (Lipinski definition) is 1. The van der Waals surface area contributed by atoms with E-state index in [4.69, 9.17) is 26.4 Å². The number of nitrogens with zero attached hydrogens (tertiary/aromatic N) is 2. The number of ether oxygens (including phenoxy) is 3. The third-order valence-electron chi connectivity index (χ3n) is 5.89. The zero-order chi connectivity index (χ0) is 24.3. The highest BCUT2D eigenvalue weighted by Crippen LogP contribution is 2.50. The Labute approximate surface area is 203 Å². The molecule has 1 atom stereocenters. The molecule has 2 N–H and O–H groups in total. The molecule has 0 aromatic heterocycles. The highest BCUT2D eigenvalue weighted by molar-refractivity contribution is 9.10. The lowest BCUT2D eigenvalue weighted by Crippen LogP contribution is -2.43. The fraction of sp³-hybridized carbons (Fsp3) is 0.440. The van der Waals surface area contributed by atoms with Gasteiger partial charge in [0.2, 0.25) is 0 Å². The van der Waals surface area contributed by atoms with Gasteiger partial charge in [0, 0.05) is 31.3 Å². The topological polar surface area (TPSA) is 97.8 Å². The number of methoxy groups -OCH3 is 2. The second-order valence-electron chi connectivity index (χ2n) is 8.82. The van der Waals surface area contributed by atoms with Gasteiger partial charge in [-0.15, -0.1) is 6.42 Å². The normalized spacial score (nSPS) is 19.7. The van der Waals surface area contributed by atoms with Crippen LogP contribution in [0.1, 0.15) is 38.2 Å². The van der Waals surface area contributed by atoms with Crippen LogP contribution >= 0.6 is 15.9 Å². The number of benzene rings is 1. The molecule has 8 heteroatoms. The van der Waals surface area contributed by atoms with Gasteiger partial charge < -0.3 is 24.8 Å². The van der Waals surface area contributed by atoms with Crippen LogP contribution < -0.4 is 15.2 Å². The molecule has 3 rings (SSSR count). The summed E-state index contributed by atoms with van der Waals surface area (Å²) < 4.78 is 17.0. The Morgan fingerprint density at radius 2 is 2.06 bits per heavy atom. The van der Waals surface area contributed by atoms with E-state index in [1.165, 1.54) is 7.11 Å². The molecule has 1 aromatic rings. The van der Waals surface area contributed by atoms with E-state index >= 15 is 0 Å². The molecule has 1 heterocycles. The zero-order valence-electron chi connectivity index (χ0n) is 19.3. The third-order valence-corrected chi connectivity index (χ3v) is 6.48. The van der Waals surface area contributed by atoms with Crippen LogP contribution in [0.15, 0.2) is 39.3 Å². The van der Waals surface area contributed by atoms with E-state index in [1.807, 2.05) is 11.0 Å². The maximum absolute atomic E-state index is 13.5. The molecule has 0 radical (unpaired) electrons. The molecule has 7 nitrogen and oxygen atoms in total. The van der Waals surface area contributed by atoms with Crippen molar-refractivity contribution in [2.24, 2.45) is 11.1 Å². The highest BCUT2D eigenvalue weighted by Gasteiger charge is 2.44. The lowest BCUT2D eigenvalue weighted by atomic mass is 9.68. The second-order valence-corrected chi connectivity index (χ2v) is 9.67. The van der Waals surface area contributed by atoms with Crippen molar-refractivity contribution in [3.8, 4) is 29.9 Å². The summed E-state index contributed by atoms with van der Waals surface area (Å²) in [6.07, 6.45) is 6.38. The van der Waals surface area contributed by atoms with Crippen molar-refractivity contribution < 1.29 is 19.0 Å². The first-order chi connectivity index (χ1) is 15.7. The summed E-state index contributed by atoms with van der Waals surface area (Å²) in [4.78, 5) is 15.3. The summed E-state index contributed by atoms with van der Waals surface area (Å²) in [6, 6.07) is 5.86. The minimum Gasteiger partial charge on any atom is -0.493 e. The summed E-state index contributed by atoms with van der Waals surface area (Å²) >= 11 is 3.53. The molecule has 33 heavy (non-hydrogen) atoms. The molecular formula is C25H28BrN3O4. The van der Waals surface area contributed by atoms with Crippen molar-refractivity contribution in [2.45, 2.75) is 32.6 Å². The largest absolute Gasteiger partial charge is 0.493 e. The molecule has 2 aliphatic rings. The summed E-state index contributed by atoms with van der Waals surface area (Å²) in [5.41, 5.74) is 8.79. The van der Waals surface area contributed by atoms with Crippen molar-refractivity contribution in [3.05, 3.63) is 44.8 Å². The average Bonchev–Trinajstić information content (AvgIpc) is 2.75. The first-order valence-corrected chi connectivity index (χ1v) is 11.3. The van der Waals surface area contributed by atoms with E-state index in [0.717, 1.165) is 5.70 Å². The maximum atomic E-state index is 13.5. The van der Waals surface area contributed by atoms with Crippen LogP contribution in [0.4, 0.5) is 0 Å². The SMILES string of the molecule is C#CCOc1c(Br)cc([C@@H]2C(C#N)=C(N)N(CCOC)C3=C2C(=O)CC(C)(C)C3)cc1OC. The third kappa shape index (κ3) is 4.73. The molecule has 0 bridgehead atoms. The average molecular weight is 514 g/mol. The number of allylic oxidation sites excluding steroid dienone is 3. The van der Waals surface area contributed by atoms with Crippen molar-refractivity contribution >= 4 is 21.7 Å². The fourth-order valence-electron chi connectivity index (χ4n) is 4.51. The standard InChI is InChI=1S/C25H28BrN3O4/c1-6-8-33-23-17(26)10-15(11-20(23)32-5)21-16(14-27)24(28)29(7-9-31-4)18-12-25(2,3)13-19(30)22(18)21/h1,10-11,21H,7-9,12-13,28H2,2-5H3/t21-/m1/s1. The van der Waals surface area contributed by atoms with Crippen LogP contribution in [-0.2, 0) is 9.53 Å². The molecule has 1 aromatic carbocycles. The van der Waals surface area contributed by atoms with Gasteiger partial charge >= 0.3 is 0 Å². The summed E-state index contributed by atoms with van der Waals surface area (Å²) in [7, 11) is 3.13. The smallest absolute Gasteiger partial charge is 0.176 e. The van der Waals surface area contributed by atoms with E-state index in [0.29, 0.717) is 64.5 Å². The number of carbonyl (C=O) groups is 1. The number of carbonyl (C=O) groups excluding carboxylic acids is 1. The predicted molar refractivity (Wildman–Crippen MR) is 128 cm³/mol. The predicted octanol–water partition coefficient (Wildman–Crippen LogP) is 3.85. The van der Waals surface area contributed by atoms with Crippen LogP contribution in [0.2, 0.25) is 0 Å². The minimum absolute atomic E-state index is 0.0108. The van der Waals surface area contributed by atoms with Gasteiger partial charge in [-0.1, -0.05) is 19.8 Å². The van der Waals surface area contributed by atoms with Crippen molar-refractivity contribution in [2.75, 3.05) is 34.0 Å². The van der Waals surface area contributed by atoms with Gasteiger partial charge in [-0.3, -0.25) is 4.79 Å². The van der Waals surface area contributed by atoms with Gasteiger partial charge in [0.1, 0.15) is 12.4 Å². The maximum Gasteiger partial charge on any atom is 0.176 e. The van der Waals surface area contributed by atoms with Gasteiger partial charge in [0.15, 0.2) is 17.3 Å². The van der Waals surface area contributed by atoms with Gasteiger partial charge in [-0.25, -0.2) is 0 Å².